The van der Waals surface area contributed by atoms with Crippen molar-refractivity contribution in [2.75, 3.05) is 31.1 Å². The van der Waals surface area contributed by atoms with Crippen molar-refractivity contribution in [1.82, 2.24) is 0 Å². The maximum Gasteiger partial charge on any atom is 0.239 e. The summed E-state index contributed by atoms with van der Waals surface area (Å²) in [6.45, 7) is 4.41. The topological polar surface area (TPSA) is 43.6 Å². The van der Waals surface area contributed by atoms with Crippen LogP contribution < -0.4 is 4.90 Å². The van der Waals surface area contributed by atoms with Gasteiger partial charge in [0.05, 0.1) is 17.0 Å². The Labute approximate surface area is 161 Å². The van der Waals surface area contributed by atoms with E-state index in [2.05, 4.69) is 21.6 Å². The number of ketones is 1. The van der Waals surface area contributed by atoms with Crippen LogP contribution in [0.1, 0.15) is 36.5 Å². The standard InChI is InChI=1S/C20H23N2O2S2/c23-19-17(13-5-7-15(25-13)21-9-1-2-10-21)20(24)18(19)14-6-8-16(26-14)22-11-3-4-12-22/h5-8,17,19,23H,1-4,9-12H2/q+1/b18-14+. The van der Waals surface area contributed by atoms with Crippen LogP contribution in [-0.2, 0) is 4.79 Å². The molecule has 2 saturated heterocycles. The highest BCUT2D eigenvalue weighted by atomic mass is 32.2. The first-order valence-electron chi connectivity index (χ1n) is 9.51. The van der Waals surface area contributed by atoms with Crippen LogP contribution in [0, 0.1) is 0 Å². The molecule has 4 nitrogen and oxygen atoms in total. The van der Waals surface area contributed by atoms with E-state index in [0.717, 1.165) is 36.0 Å². The number of nitrogens with zero attached hydrogens (tertiary/aromatic N) is 2. The van der Waals surface area contributed by atoms with E-state index in [4.69, 9.17) is 0 Å². The van der Waals surface area contributed by atoms with Gasteiger partial charge in [-0.1, -0.05) is 0 Å². The van der Waals surface area contributed by atoms with E-state index < -0.39 is 6.10 Å². The predicted octanol–water partition coefficient (Wildman–Crippen LogP) is 3.14. The van der Waals surface area contributed by atoms with Gasteiger partial charge in [-0.25, -0.2) is 4.58 Å². The maximum absolute atomic E-state index is 12.8. The van der Waals surface area contributed by atoms with Crippen molar-refractivity contribution >= 4 is 38.9 Å². The van der Waals surface area contributed by atoms with Gasteiger partial charge in [-0.3, -0.25) is 4.79 Å². The van der Waals surface area contributed by atoms with Gasteiger partial charge in [-0.2, -0.15) is 0 Å². The second-order valence-electron chi connectivity index (χ2n) is 7.40. The molecule has 2 atom stereocenters. The zero-order chi connectivity index (χ0) is 17.7. The summed E-state index contributed by atoms with van der Waals surface area (Å²) in [5.74, 6) is -0.272. The van der Waals surface area contributed by atoms with E-state index in [1.165, 1.54) is 35.7 Å². The summed E-state index contributed by atoms with van der Waals surface area (Å²) in [6.07, 6.45) is 8.41. The molecule has 3 fully saturated rings. The molecule has 0 radical (unpaired) electrons. The van der Waals surface area contributed by atoms with Crippen molar-refractivity contribution in [1.29, 1.82) is 0 Å². The van der Waals surface area contributed by atoms with Crippen LogP contribution in [0.5, 0.6) is 0 Å². The van der Waals surface area contributed by atoms with E-state index in [9.17, 15) is 9.90 Å². The Hall–Kier alpha value is -1.37. The fraction of sp³-hybridized carbons (Fsp3) is 0.500. The first-order valence-corrected chi connectivity index (χ1v) is 11.1. The first kappa shape index (κ1) is 16.8. The molecule has 4 aliphatic rings. The molecule has 26 heavy (non-hydrogen) atoms. The van der Waals surface area contributed by atoms with Gasteiger partial charge in [-0.05, 0) is 42.8 Å². The zero-order valence-electron chi connectivity index (χ0n) is 14.7. The Kier molecular flexibility index (Phi) is 4.30. The number of aliphatic hydroxyl groups excluding tert-OH is 1. The molecule has 1 aromatic rings. The Bertz CT molecular complexity index is 838. The molecule has 0 bridgehead atoms. The zero-order valence-corrected chi connectivity index (χ0v) is 16.3. The van der Waals surface area contributed by atoms with Gasteiger partial charge < -0.3 is 10.0 Å². The molecule has 3 aliphatic heterocycles. The summed E-state index contributed by atoms with van der Waals surface area (Å²) in [4.78, 5) is 17.2. The molecule has 1 N–H and O–H groups in total. The monoisotopic (exact) mass is 387 g/mol. The van der Waals surface area contributed by atoms with E-state index in [-0.39, 0.29) is 11.7 Å². The summed E-state index contributed by atoms with van der Waals surface area (Å²) < 4.78 is 2.38. The molecule has 5 rings (SSSR count). The molecule has 6 heteroatoms. The molecule has 1 aromatic heterocycles. The minimum absolute atomic E-state index is 0.0992. The Morgan fingerprint density at radius 3 is 2.58 bits per heavy atom. The van der Waals surface area contributed by atoms with Crippen LogP contribution in [0.2, 0.25) is 0 Å². The largest absolute Gasteiger partial charge is 0.387 e. The second kappa shape index (κ2) is 6.66. The van der Waals surface area contributed by atoms with Crippen molar-refractivity contribution in [3.8, 4) is 0 Å². The van der Waals surface area contributed by atoms with Crippen molar-refractivity contribution in [3.05, 3.63) is 39.6 Å². The third kappa shape index (κ3) is 2.70. The first-order chi connectivity index (χ1) is 12.7. The molecular formula is C20H23N2O2S2+. The highest BCUT2D eigenvalue weighted by Crippen LogP contribution is 2.47. The Balaban J connectivity index is 1.35. The van der Waals surface area contributed by atoms with Crippen LogP contribution in [0.25, 0.3) is 0 Å². The van der Waals surface area contributed by atoms with Gasteiger partial charge in [-0.15, -0.1) is 11.3 Å². The average Bonchev–Trinajstić information content (AvgIpc) is 3.40. The quantitative estimate of drug-likeness (QED) is 0.625. The minimum Gasteiger partial charge on any atom is -0.387 e. The number of thiophene rings is 1. The molecule has 0 aromatic carbocycles. The normalized spacial score (nSPS) is 31.4. The predicted molar refractivity (Wildman–Crippen MR) is 108 cm³/mol. The van der Waals surface area contributed by atoms with Crippen LogP contribution in [0.4, 0.5) is 5.00 Å². The third-order valence-electron chi connectivity index (χ3n) is 5.77. The van der Waals surface area contributed by atoms with E-state index in [1.54, 1.807) is 23.1 Å². The van der Waals surface area contributed by atoms with Crippen LogP contribution in [-0.4, -0.2) is 52.8 Å². The number of allylic oxidation sites excluding steroid dienone is 1. The van der Waals surface area contributed by atoms with Gasteiger partial charge >= 0.3 is 0 Å². The van der Waals surface area contributed by atoms with Crippen molar-refractivity contribution in [2.24, 2.45) is 0 Å². The lowest BCUT2D eigenvalue weighted by Gasteiger charge is -2.34. The lowest BCUT2D eigenvalue weighted by Crippen LogP contribution is -2.43. The fourth-order valence-electron chi connectivity index (χ4n) is 4.28. The average molecular weight is 388 g/mol. The lowest BCUT2D eigenvalue weighted by atomic mass is 9.74. The molecular weight excluding hydrogens is 364 g/mol. The fourth-order valence-corrected chi connectivity index (χ4v) is 6.60. The Morgan fingerprint density at radius 2 is 1.85 bits per heavy atom. The van der Waals surface area contributed by atoms with Crippen LogP contribution in [0.3, 0.4) is 0 Å². The van der Waals surface area contributed by atoms with Crippen LogP contribution in [0.15, 0.2) is 34.8 Å². The number of hydrogen-bond acceptors (Lipinski definition) is 5. The smallest absolute Gasteiger partial charge is 0.239 e. The molecule has 1 saturated carbocycles. The lowest BCUT2D eigenvalue weighted by molar-refractivity contribution is -0.502. The number of anilines is 1. The van der Waals surface area contributed by atoms with E-state index in [0.29, 0.717) is 5.57 Å². The summed E-state index contributed by atoms with van der Waals surface area (Å²) in [6, 6.07) is 4.14. The minimum atomic E-state index is -0.669. The summed E-state index contributed by atoms with van der Waals surface area (Å²) in [5.41, 5.74) is 0.613. The van der Waals surface area contributed by atoms with Gasteiger partial charge in [0.1, 0.15) is 13.1 Å². The van der Waals surface area contributed by atoms with E-state index in [1.807, 2.05) is 12.1 Å². The van der Waals surface area contributed by atoms with Crippen molar-refractivity contribution in [3.63, 3.8) is 0 Å². The molecule has 136 valence electrons. The summed E-state index contributed by atoms with van der Waals surface area (Å²) >= 11 is 3.32. The number of Topliss-reactive ketones (excluding diaryl/α,β-unsaturated/α-hetero) is 1. The second-order valence-corrected chi connectivity index (χ2v) is 9.56. The molecule has 0 amide bonds. The van der Waals surface area contributed by atoms with Crippen LogP contribution >= 0.6 is 23.1 Å². The molecule has 0 spiro atoms. The number of carbonyl (C=O) groups is 1. The molecule has 1 aliphatic carbocycles. The van der Waals surface area contributed by atoms with Gasteiger partial charge in [0.15, 0.2) is 5.78 Å². The number of thioether (sulfide) groups is 1. The van der Waals surface area contributed by atoms with Gasteiger partial charge in [0.2, 0.25) is 5.04 Å². The number of carbonyl (C=O) groups excluding carboxylic acids is 1. The SMILES string of the molecule is O=C1/C(=C2\C=CC(=[N+]3CCCC3)S2)C(O)C1c1ccc(N2CCCC2)s1. The highest BCUT2D eigenvalue weighted by Gasteiger charge is 2.48. The van der Waals surface area contributed by atoms with E-state index >= 15 is 0 Å². The van der Waals surface area contributed by atoms with Crippen molar-refractivity contribution < 1.29 is 14.5 Å². The maximum atomic E-state index is 12.8. The molecule has 2 unspecified atom stereocenters. The number of rotatable bonds is 2. The summed E-state index contributed by atoms with van der Waals surface area (Å²) in [7, 11) is 0. The van der Waals surface area contributed by atoms with Gasteiger partial charge in [0, 0.05) is 47.4 Å². The summed E-state index contributed by atoms with van der Waals surface area (Å²) in [5, 5.41) is 13.2. The number of hydrogen-bond donors (Lipinski definition) is 1. The highest BCUT2D eigenvalue weighted by molar-refractivity contribution is 8.18. The molecule has 4 heterocycles. The Morgan fingerprint density at radius 1 is 1.08 bits per heavy atom. The number of aliphatic hydroxyl groups is 1. The third-order valence-corrected chi connectivity index (χ3v) is 8.18. The van der Waals surface area contributed by atoms with Crippen molar-refractivity contribution in [2.45, 2.75) is 37.7 Å². The van der Waals surface area contributed by atoms with Gasteiger partial charge in [0.25, 0.3) is 0 Å².